The first-order chi connectivity index (χ1) is 12.1. The zero-order valence-electron chi connectivity index (χ0n) is 13.4. The van der Waals surface area contributed by atoms with E-state index in [-0.39, 0.29) is 6.04 Å². The number of amides is 1. The molecule has 2 aromatic carbocycles. The summed E-state index contributed by atoms with van der Waals surface area (Å²) in [6.45, 7) is 0. The van der Waals surface area contributed by atoms with E-state index >= 15 is 0 Å². The van der Waals surface area contributed by atoms with Gasteiger partial charge in [0, 0.05) is 3.57 Å². The van der Waals surface area contributed by atoms with Crippen LogP contribution in [0.3, 0.4) is 0 Å². The van der Waals surface area contributed by atoms with Gasteiger partial charge in [0.05, 0.1) is 17.9 Å². The SMILES string of the molecule is O=C(O)NC(CCc1ccccc1)c1ncc(-c2ccc(I)cc2)[nH]1. The van der Waals surface area contributed by atoms with Crippen LogP contribution >= 0.6 is 22.6 Å². The third kappa shape index (κ3) is 4.82. The van der Waals surface area contributed by atoms with Crippen molar-refractivity contribution in [1.82, 2.24) is 15.3 Å². The third-order valence-corrected chi connectivity index (χ3v) is 4.66. The molecule has 3 N–H and O–H groups in total. The summed E-state index contributed by atoms with van der Waals surface area (Å²) in [6.07, 6.45) is 2.10. The fourth-order valence-corrected chi connectivity index (χ4v) is 3.03. The van der Waals surface area contributed by atoms with Crippen molar-refractivity contribution in [3.8, 4) is 11.3 Å². The van der Waals surface area contributed by atoms with Gasteiger partial charge in [-0.2, -0.15) is 0 Å². The van der Waals surface area contributed by atoms with Gasteiger partial charge in [-0.05, 0) is 58.7 Å². The van der Waals surface area contributed by atoms with Crippen LogP contribution in [0.25, 0.3) is 11.3 Å². The molecule has 1 atom stereocenters. The van der Waals surface area contributed by atoms with E-state index in [4.69, 9.17) is 5.11 Å². The van der Waals surface area contributed by atoms with Crippen molar-refractivity contribution in [1.29, 1.82) is 0 Å². The van der Waals surface area contributed by atoms with Crippen LogP contribution in [0.2, 0.25) is 0 Å². The number of H-pyrrole nitrogens is 1. The minimum Gasteiger partial charge on any atom is -0.465 e. The smallest absolute Gasteiger partial charge is 0.405 e. The van der Waals surface area contributed by atoms with Crippen molar-refractivity contribution in [3.63, 3.8) is 0 Å². The molecule has 0 radical (unpaired) electrons. The normalized spacial score (nSPS) is 11.9. The Kier molecular flexibility index (Phi) is 5.70. The molecule has 0 fully saturated rings. The van der Waals surface area contributed by atoms with Crippen molar-refractivity contribution in [2.45, 2.75) is 18.9 Å². The van der Waals surface area contributed by atoms with Gasteiger partial charge in [0.25, 0.3) is 0 Å². The predicted molar refractivity (Wildman–Crippen MR) is 105 cm³/mol. The van der Waals surface area contributed by atoms with Gasteiger partial charge < -0.3 is 15.4 Å². The molecule has 25 heavy (non-hydrogen) atoms. The monoisotopic (exact) mass is 447 g/mol. The molecule has 0 spiro atoms. The van der Waals surface area contributed by atoms with E-state index in [1.807, 2.05) is 54.6 Å². The molecule has 1 unspecified atom stereocenters. The van der Waals surface area contributed by atoms with E-state index in [0.717, 1.165) is 21.2 Å². The zero-order valence-corrected chi connectivity index (χ0v) is 15.6. The van der Waals surface area contributed by atoms with Gasteiger partial charge in [-0.25, -0.2) is 9.78 Å². The lowest BCUT2D eigenvalue weighted by molar-refractivity contribution is 0.188. The molecular weight excluding hydrogens is 429 g/mol. The van der Waals surface area contributed by atoms with Crippen LogP contribution in [0.4, 0.5) is 4.79 Å². The summed E-state index contributed by atoms with van der Waals surface area (Å²) in [5.41, 5.74) is 3.07. The Hall–Kier alpha value is -2.35. The van der Waals surface area contributed by atoms with Gasteiger partial charge in [-0.3, -0.25) is 0 Å². The number of halogens is 1. The highest BCUT2D eigenvalue weighted by atomic mass is 127. The number of aryl methyl sites for hydroxylation is 1. The van der Waals surface area contributed by atoms with Crippen LogP contribution in [-0.2, 0) is 6.42 Å². The molecule has 0 saturated carbocycles. The van der Waals surface area contributed by atoms with Crippen LogP contribution < -0.4 is 5.32 Å². The number of hydrogen-bond acceptors (Lipinski definition) is 2. The standard InChI is InChI=1S/C19H18IN3O2/c20-15-9-7-14(8-10-15)17-12-21-18(22-17)16(23-19(24)25)11-6-13-4-2-1-3-5-13/h1-5,7-10,12,16,23H,6,11H2,(H,21,22)(H,24,25). The minimum absolute atomic E-state index is 0.379. The van der Waals surface area contributed by atoms with E-state index in [9.17, 15) is 4.79 Å². The maximum absolute atomic E-state index is 11.2. The van der Waals surface area contributed by atoms with Gasteiger partial charge in [-0.1, -0.05) is 42.5 Å². The van der Waals surface area contributed by atoms with Crippen molar-refractivity contribution in [3.05, 3.63) is 75.8 Å². The summed E-state index contributed by atoms with van der Waals surface area (Å²) in [5.74, 6) is 0.631. The number of imidazole rings is 1. The number of aromatic nitrogens is 2. The first kappa shape index (κ1) is 17.5. The topological polar surface area (TPSA) is 78.0 Å². The van der Waals surface area contributed by atoms with Gasteiger partial charge in [-0.15, -0.1) is 0 Å². The number of benzene rings is 2. The van der Waals surface area contributed by atoms with Crippen LogP contribution in [0.1, 0.15) is 23.9 Å². The Morgan fingerprint density at radius 2 is 1.88 bits per heavy atom. The molecule has 3 aromatic rings. The molecule has 6 heteroatoms. The minimum atomic E-state index is -1.05. The first-order valence-electron chi connectivity index (χ1n) is 7.96. The quantitative estimate of drug-likeness (QED) is 0.483. The molecule has 0 aliphatic carbocycles. The number of nitrogens with one attached hydrogen (secondary N) is 2. The van der Waals surface area contributed by atoms with Crippen LogP contribution in [0.5, 0.6) is 0 Å². The van der Waals surface area contributed by atoms with Gasteiger partial charge in [0.2, 0.25) is 0 Å². The molecule has 1 heterocycles. The summed E-state index contributed by atoms with van der Waals surface area (Å²) in [4.78, 5) is 18.8. The third-order valence-electron chi connectivity index (χ3n) is 3.94. The average molecular weight is 447 g/mol. The summed E-state index contributed by atoms with van der Waals surface area (Å²) >= 11 is 2.26. The molecule has 5 nitrogen and oxygen atoms in total. The van der Waals surface area contributed by atoms with Crippen LogP contribution in [0.15, 0.2) is 60.8 Å². The number of aromatic amines is 1. The highest BCUT2D eigenvalue weighted by Crippen LogP contribution is 2.22. The largest absolute Gasteiger partial charge is 0.465 e. The summed E-state index contributed by atoms with van der Waals surface area (Å²) < 4.78 is 1.16. The molecule has 0 bridgehead atoms. The number of hydrogen-bond donors (Lipinski definition) is 3. The second-order valence-electron chi connectivity index (χ2n) is 5.72. The van der Waals surface area contributed by atoms with E-state index in [1.54, 1.807) is 6.20 Å². The van der Waals surface area contributed by atoms with Crippen molar-refractivity contribution >= 4 is 28.7 Å². The van der Waals surface area contributed by atoms with Crippen LogP contribution in [-0.4, -0.2) is 21.2 Å². The fourth-order valence-electron chi connectivity index (χ4n) is 2.67. The molecular formula is C19H18IN3O2. The van der Waals surface area contributed by atoms with E-state index in [2.05, 4.69) is 37.9 Å². The highest BCUT2D eigenvalue weighted by Gasteiger charge is 2.18. The van der Waals surface area contributed by atoms with Crippen molar-refractivity contribution in [2.24, 2.45) is 0 Å². The lowest BCUT2D eigenvalue weighted by Crippen LogP contribution is -2.28. The van der Waals surface area contributed by atoms with Crippen molar-refractivity contribution < 1.29 is 9.90 Å². The fraction of sp³-hybridized carbons (Fsp3) is 0.158. The number of carbonyl (C=O) groups is 1. The molecule has 0 aliphatic rings. The van der Waals surface area contributed by atoms with Gasteiger partial charge in [0.1, 0.15) is 5.82 Å². The summed E-state index contributed by atoms with van der Waals surface area (Å²) in [6, 6.07) is 17.7. The average Bonchev–Trinajstić information content (AvgIpc) is 3.10. The predicted octanol–water partition coefficient (Wildman–Crippen LogP) is 4.62. The van der Waals surface area contributed by atoms with Crippen LogP contribution in [0, 0.1) is 3.57 Å². The van der Waals surface area contributed by atoms with Gasteiger partial charge >= 0.3 is 6.09 Å². The summed E-state index contributed by atoms with van der Waals surface area (Å²) in [7, 11) is 0. The van der Waals surface area contributed by atoms with Gasteiger partial charge in [0.15, 0.2) is 0 Å². The second kappa shape index (κ2) is 8.15. The molecule has 1 aromatic heterocycles. The second-order valence-corrected chi connectivity index (χ2v) is 6.96. The Labute approximate surface area is 159 Å². The lowest BCUT2D eigenvalue weighted by Gasteiger charge is -2.14. The number of rotatable bonds is 6. The maximum atomic E-state index is 11.2. The van der Waals surface area contributed by atoms with Crippen molar-refractivity contribution in [2.75, 3.05) is 0 Å². The maximum Gasteiger partial charge on any atom is 0.405 e. The van der Waals surface area contributed by atoms with E-state index in [0.29, 0.717) is 12.2 Å². The molecule has 0 aliphatic heterocycles. The lowest BCUT2D eigenvalue weighted by atomic mass is 10.0. The Bertz CT molecular complexity index is 831. The van der Waals surface area contributed by atoms with E-state index < -0.39 is 6.09 Å². The Morgan fingerprint density at radius 3 is 2.56 bits per heavy atom. The summed E-state index contributed by atoms with van der Waals surface area (Å²) in [5, 5.41) is 11.7. The Morgan fingerprint density at radius 1 is 1.16 bits per heavy atom. The van der Waals surface area contributed by atoms with E-state index in [1.165, 1.54) is 5.56 Å². The zero-order chi connectivity index (χ0) is 17.6. The number of carboxylic acid groups (broad SMARTS) is 1. The molecule has 1 amide bonds. The molecule has 3 rings (SSSR count). The molecule has 0 saturated heterocycles. The number of nitrogens with zero attached hydrogens (tertiary/aromatic N) is 1. The first-order valence-corrected chi connectivity index (χ1v) is 9.04. The highest BCUT2D eigenvalue weighted by molar-refractivity contribution is 14.1. The Balaban J connectivity index is 1.76. The molecule has 128 valence electrons.